The Balaban J connectivity index is 1.62. The van der Waals surface area contributed by atoms with Gasteiger partial charge in [-0.1, -0.05) is 26.0 Å². The van der Waals surface area contributed by atoms with E-state index < -0.39 is 9.84 Å². The number of methoxy groups -OCH3 is 1. The Morgan fingerprint density at radius 1 is 1.11 bits per heavy atom. The van der Waals surface area contributed by atoms with Gasteiger partial charge < -0.3 is 10.1 Å². The standard InChI is InChI=1S/C28H30N4O4S/c1-17(2)19-5-9-21(10-6-19)29-28(33)24-15-25(20-7-11-23(36-4)12-8-20)30-27-26(24)18(3)31-32(27)22-13-14-37(34,35)16-22/h5-12,15,17,22H,13-14,16H2,1-4H3,(H,29,33). The first-order valence-corrected chi connectivity index (χ1v) is 14.1. The van der Waals surface area contributed by atoms with Gasteiger partial charge in [0.2, 0.25) is 0 Å². The number of nitrogens with zero attached hydrogens (tertiary/aromatic N) is 3. The van der Waals surface area contributed by atoms with Gasteiger partial charge in [0.1, 0.15) is 5.75 Å². The fraction of sp³-hybridized carbons (Fsp3) is 0.321. The van der Waals surface area contributed by atoms with Crippen molar-refractivity contribution in [3.05, 3.63) is 71.4 Å². The fourth-order valence-corrected chi connectivity index (χ4v) is 6.47. The molecule has 1 unspecified atom stereocenters. The van der Waals surface area contributed by atoms with Gasteiger partial charge in [-0.3, -0.25) is 4.79 Å². The summed E-state index contributed by atoms with van der Waals surface area (Å²) in [5.74, 6) is 0.965. The second kappa shape index (κ2) is 9.63. The number of amides is 1. The summed E-state index contributed by atoms with van der Waals surface area (Å²) in [5, 5.41) is 8.31. The van der Waals surface area contributed by atoms with Crippen molar-refractivity contribution in [3.63, 3.8) is 0 Å². The van der Waals surface area contributed by atoms with Gasteiger partial charge in [-0.05, 0) is 67.3 Å². The monoisotopic (exact) mass is 518 g/mol. The third-order valence-corrected chi connectivity index (χ3v) is 8.61. The van der Waals surface area contributed by atoms with Crippen LogP contribution < -0.4 is 10.1 Å². The van der Waals surface area contributed by atoms with Crippen LogP contribution in [0, 0.1) is 6.92 Å². The first kappa shape index (κ1) is 25.0. The molecule has 9 heteroatoms. The highest BCUT2D eigenvalue weighted by Gasteiger charge is 2.32. The molecule has 1 fully saturated rings. The molecule has 1 amide bonds. The first-order valence-electron chi connectivity index (χ1n) is 12.3. The summed E-state index contributed by atoms with van der Waals surface area (Å²) >= 11 is 0. The molecular weight excluding hydrogens is 488 g/mol. The highest BCUT2D eigenvalue weighted by molar-refractivity contribution is 7.91. The average molecular weight is 519 g/mol. The number of aromatic nitrogens is 3. The number of hydrogen-bond acceptors (Lipinski definition) is 6. The number of nitrogens with one attached hydrogen (secondary N) is 1. The zero-order valence-corrected chi connectivity index (χ0v) is 22.2. The second-order valence-corrected chi connectivity index (χ2v) is 12.0. The van der Waals surface area contributed by atoms with E-state index in [-0.39, 0.29) is 23.5 Å². The summed E-state index contributed by atoms with van der Waals surface area (Å²) in [6.45, 7) is 6.07. The molecule has 2 aromatic carbocycles. The van der Waals surface area contributed by atoms with Crippen molar-refractivity contribution < 1.29 is 17.9 Å². The van der Waals surface area contributed by atoms with Gasteiger partial charge >= 0.3 is 0 Å². The predicted molar refractivity (Wildman–Crippen MR) is 145 cm³/mol. The fourth-order valence-electron chi connectivity index (χ4n) is 4.77. The molecule has 5 rings (SSSR count). The van der Waals surface area contributed by atoms with Crippen LogP contribution in [0.5, 0.6) is 5.75 Å². The lowest BCUT2D eigenvalue weighted by molar-refractivity contribution is 0.102. The number of pyridine rings is 1. The van der Waals surface area contributed by atoms with Crippen molar-refractivity contribution >= 4 is 32.5 Å². The summed E-state index contributed by atoms with van der Waals surface area (Å²) in [6, 6.07) is 16.7. The quantitative estimate of drug-likeness (QED) is 0.379. The van der Waals surface area contributed by atoms with Crippen molar-refractivity contribution in [1.29, 1.82) is 0 Å². The Morgan fingerprint density at radius 2 is 1.81 bits per heavy atom. The lowest BCUT2D eigenvalue weighted by atomic mass is 10.0. The first-order chi connectivity index (χ1) is 17.6. The van der Waals surface area contributed by atoms with Gasteiger partial charge in [0.05, 0.1) is 47.0 Å². The highest BCUT2D eigenvalue weighted by atomic mass is 32.2. The maximum Gasteiger partial charge on any atom is 0.256 e. The van der Waals surface area contributed by atoms with Crippen molar-refractivity contribution in [3.8, 4) is 17.0 Å². The number of carbonyl (C=O) groups is 1. The molecule has 1 N–H and O–H groups in total. The van der Waals surface area contributed by atoms with E-state index in [1.54, 1.807) is 17.9 Å². The van der Waals surface area contributed by atoms with Crippen LogP contribution in [0.25, 0.3) is 22.3 Å². The average Bonchev–Trinajstić information content (AvgIpc) is 3.42. The number of anilines is 1. The number of carbonyl (C=O) groups excluding carboxylic acids is 1. The van der Waals surface area contributed by atoms with Crippen LogP contribution in [-0.2, 0) is 9.84 Å². The van der Waals surface area contributed by atoms with E-state index in [1.165, 1.54) is 5.56 Å². The molecule has 1 saturated heterocycles. The summed E-state index contributed by atoms with van der Waals surface area (Å²) in [6.07, 6.45) is 0.469. The third-order valence-electron chi connectivity index (χ3n) is 6.86. The molecule has 1 aliphatic rings. The van der Waals surface area contributed by atoms with Crippen LogP contribution in [-0.4, -0.2) is 47.7 Å². The molecule has 1 atom stereocenters. The van der Waals surface area contributed by atoms with E-state index in [0.717, 1.165) is 5.56 Å². The number of fused-ring (bicyclic) bond motifs is 1. The van der Waals surface area contributed by atoms with E-state index >= 15 is 0 Å². The summed E-state index contributed by atoms with van der Waals surface area (Å²) < 4.78 is 31.4. The van der Waals surface area contributed by atoms with E-state index in [1.807, 2.05) is 55.5 Å². The van der Waals surface area contributed by atoms with Gasteiger partial charge in [-0.25, -0.2) is 18.1 Å². The van der Waals surface area contributed by atoms with Crippen LogP contribution in [0.3, 0.4) is 0 Å². The number of ether oxygens (including phenoxy) is 1. The molecule has 8 nitrogen and oxygen atoms in total. The van der Waals surface area contributed by atoms with Gasteiger partial charge in [0.15, 0.2) is 15.5 Å². The minimum atomic E-state index is -3.13. The predicted octanol–water partition coefficient (Wildman–Crippen LogP) is 5.15. The maximum absolute atomic E-state index is 13.6. The SMILES string of the molecule is COc1ccc(-c2cc(C(=O)Nc3ccc(C(C)C)cc3)c3c(C)nn(C4CCS(=O)(=O)C4)c3n2)cc1. The summed E-state index contributed by atoms with van der Waals surface area (Å²) in [7, 11) is -1.53. The molecule has 0 aliphatic carbocycles. The Kier molecular flexibility index (Phi) is 6.49. The molecule has 0 bridgehead atoms. The zero-order chi connectivity index (χ0) is 26.3. The molecule has 192 valence electrons. The largest absolute Gasteiger partial charge is 0.497 e. The Bertz CT molecular complexity index is 1570. The summed E-state index contributed by atoms with van der Waals surface area (Å²) in [4.78, 5) is 18.5. The molecule has 2 aromatic heterocycles. The van der Waals surface area contributed by atoms with Crippen LogP contribution in [0.2, 0.25) is 0 Å². The van der Waals surface area contributed by atoms with Crippen molar-refractivity contribution in [1.82, 2.24) is 14.8 Å². The number of hydrogen-bond donors (Lipinski definition) is 1. The van der Waals surface area contributed by atoms with E-state index in [4.69, 9.17) is 9.72 Å². The van der Waals surface area contributed by atoms with Gasteiger partial charge in [-0.15, -0.1) is 0 Å². The number of sulfone groups is 1. The van der Waals surface area contributed by atoms with Gasteiger partial charge in [0.25, 0.3) is 5.91 Å². The molecule has 3 heterocycles. The third kappa shape index (κ3) is 4.96. The summed E-state index contributed by atoms with van der Waals surface area (Å²) in [5.41, 5.74) is 4.86. The van der Waals surface area contributed by atoms with Crippen molar-refractivity contribution in [2.24, 2.45) is 0 Å². The normalized spacial score (nSPS) is 16.8. The molecule has 0 radical (unpaired) electrons. The zero-order valence-electron chi connectivity index (χ0n) is 21.4. The van der Waals surface area contributed by atoms with Crippen molar-refractivity contribution in [2.75, 3.05) is 23.9 Å². The number of benzene rings is 2. The minimum absolute atomic E-state index is 0.0153. The van der Waals surface area contributed by atoms with E-state index in [0.29, 0.717) is 51.8 Å². The topological polar surface area (TPSA) is 103 Å². The molecule has 0 spiro atoms. The lowest BCUT2D eigenvalue weighted by Crippen LogP contribution is -2.15. The lowest BCUT2D eigenvalue weighted by Gasteiger charge is -2.13. The molecule has 0 saturated carbocycles. The molecule has 1 aliphatic heterocycles. The van der Waals surface area contributed by atoms with E-state index in [9.17, 15) is 13.2 Å². The Morgan fingerprint density at radius 3 is 2.41 bits per heavy atom. The minimum Gasteiger partial charge on any atom is -0.497 e. The maximum atomic E-state index is 13.6. The highest BCUT2D eigenvalue weighted by Crippen LogP contribution is 2.33. The van der Waals surface area contributed by atoms with Gasteiger partial charge in [0, 0.05) is 11.3 Å². The number of rotatable bonds is 6. The molecule has 4 aromatic rings. The van der Waals surface area contributed by atoms with Crippen LogP contribution in [0.15, 0.2) is 54.6 Å². The molecule has 37 heavy (non-hydrogen) atoms. The van der Waals surface area contributed by atoms with Crippen LogP contribution >= 0.6 is 0 Å². The van der Waals surface area contributed by atoms with Crippen LogP contribution in [0.4, 0.5) is 5.69 Å². The number of aryl methyl sites for hydroxylation is 1. The van der Waals surface area contributed by atoms with E-state index in [2.05, 4.69) is 24.3 Å². The van der Waals surface area contributed by atoms with Gasteiger partial charge in [-0.2, -0.15) is 5.10 Å². The van der Waals surface area contributed by atoms with Crippen molar-refractivity contribution in [2.45, 2.75) is 39.2 Å². The second-order valence-electron chi connectivity index (χ2n) is 9.80. The smallest absolute Gasteiger partial charge is 0.256 e. The Hall–Kier alpha value is -3.72. The Labute approximate surface area is 216 Å². The molecular formula is C28H30N4O4S. The van der Waals surface area contributed by atoms with Crippen LogP contribution in [0.1, 0.15) is 53.8 Å².